The summed E-state index contributed by atoms with van der Waals surface area (Å²) in [5.74, 6) is 0.498. The van der Waals surface area contributed by atoms with Crippen LogP contribution in [0.25, 0.3) is 5.78 Å². The van der Waals surface area contributed by atoms with Gasteiger partial charge in [-0.05, 0) is 38.3 Å². The number of nitro groups is 1. The van der Waals surface area contributed by atoms with Crippen molar-refractivity contribution in [2.45, 2.75) is 39.7 Å². The molecule has 9 heteroatoms. The van der Waals surface area contributed by atoms with Crippen LogP contribution in [0.3, 0.4) is 0 Å². The van der Waals surface area contributed by atoms with Gasteiger partial charge in [-0.3, -0.25) is 14.9 Å². The van der Waals surface area contributed by atoms with Crippen molar-refractivity contribution >= 4 is 17.4 Å². The molecule has 0 fully saturated rings. The van der Waals surface area contributed by atoms with E-state index < -0.39 is 4.92 Å². The molecule has 2 heterocycles. The fraction of sp³-hybridized carbons (Fsp3) is 0.368. The number of nitrogens with zero attached hydrogens (tertiary/aromatic N) is 6. The highest BCUT2D eigenvalue weighted by atomic mass is 16.6. The molecule has 28 heavy (non-hydrogen) atoms. The lowest BCUT2D eigenvalue weighted by atomic mass is 10.0. The lowest BCUT2D eigenvalue weighted by Crippen LogP contribution is -2.30. The lowest BCUT2D eigenvalue weighted by Gasteiger charge is -2.25. The maximum absolute atomic E-state index is 12.7. The van der Waals surface area contributed by atoms with E-state index in [1.807, 2.05) is 20.8 Å². The van der Waals surface area contributed by atoms with Crippen LogP contribution in [-0.2, 0) is 11.2 Å². The smallest absolute Gasteiger partial charge is 0.269 e. The number of benzene rings is 1. The Morgan fingerprint density at radius 2 is 2.11 bits per heavy atom. The van der Waals surface area contributed by atoms with Crippen LogP contribution < -0.4 is 0 Å². The van der Waals surface area contributed by atoms with Crippen molar-refractivity contribution in [2.24, 2.45) is 0 Å². The molecule has 1 atom stereocenters. The number of non-ortho nitro benzene ring substituents is 1. The third-order valence-corrected chi connectivity index (χ3v) is 5.12. The Kier molecular flexibility index (Phi) is 5.34. The molecule has 146 valence electrons. The molecule has 0 saturated carbocycles. The number of hydrogen-bond donors (Lipinski definition) is 0. The Morgan fingerprint density at radius 1 is 1.36 bits per heavy atom. The standard InChI is InChI=1S/C19H22N6O3/c1-12-17(14(3)24-19(22-12)20-11-21-24)8-9-18(26)23(4)13(2)15-6-5-7-16(10-15)25(27)28/h5-7,10-11,13H,8-9H2,1-4H3/t13-/m1/s1. The summed E-state index contributed by atoms with van der Waals surface area (Å²) in [5, 5.41) is 15.1. The van der Waals surface area contributed by atoms with Crippen LogP contribution in [0.5, 0.6) is 0 Å². The van der Waals surface area contributed by atoms with Crippen molar-refractivity contribution in [1.82, 2.24) is 24.5 Å². The van der Waals surface area contributed by atoms with Gasteiger partial charge in [-0.15, -0.1) is 0 Å². The van der Waals surface area contributed by atoms with Crippen molar-refractivity contribution in [3.8, 4) is 0 Å². The Hall–Kier alpha value is -3.36. The zero-order chi connectivity index (χ0) is 20.4. The quantitative estimate of drug-likeness (QED) is 0.479. The van der Waals surface area contributed by atoms with E-state index in [1.165, 1.54) is 18.5 Å². The topological polar surface area (TPSA) is 107 Å². The Bertz CT molecular complexity index is 1050. The van der Waals surface area contributed by atoms with E-state index in [2.05, 4.69) is 15.1 Å². The third kappa shape index (κ3) is 3.68. The summed E-state index contributed by atoms with van der Waals surface area (Å²) in [6.07, 6.45) is 2.29. The van der Waals surface area contributed by atoms with E-state index in [-0.39, 0.29) is 17.6 Å². The molecule has 0 spiro atoms. The van der Waals surface area contributed by atoms with Crippen molar-refractivity contribution < 1.29 is 9.72 Å². The number of amides is 1. The zero-order valence-corrected chi connectivity index (χ0v) is 16.3. The number of aromatic nitrogens is 4. The molecule has 0 radical (unpaired) electrons. The van der Waals surface area contributed by atoms with E-state index in [0.717, 1.165) is 22.5 Å². The molecule has 0 saturated heterocycles. The molecule has 0 N–H and O–H groups in total. The number of nitro benzene ring substituents is 1. The maximum Gasteiger partial charge on any atom is 0.269 e. The molecule has 0 aliphatic carbocycles. The highest BCUT2D eigenvalue weighted by Gasteiger charge is 2.20. The normalized spacial score (nSPS) is 12.1. The minimum atomic E-state index is -0.434. The second-order valence-electron chi connectivity index (χ2n) is 6.77. The maximum atomic E-state index is 12.7. The first-order valence-electron chi connectivity index (χ1n) is 8.95. The molecule has 3 aromatic rings. The SMILES string of the molecule is Cc1nc2ncnn2c(C)c1CCC(=O)N(C)[C@H](C)c1cccc([N+](=O)[O-])c1. The summed E-state index contributed by atoms with van der Waals surface area (Å²) < 4.78 is 1.67. The second-order valence-corrected chi connectivity index (χ2v) is 6.77. The van der Waals surface area contributed by atoms with Crippen LogP contribution in [0.15, 0.2) is 30.6 Å². The second kappa shape index (κ2) is 7.71. The van der Waals surface area contributed by atoms with E-state index in [4.69, 9.17) is 0 Å². The van der Waals surface area contributed by atoms with Gasteiger partial charge in [0, 0.05) is 37.0 Å². The Morgan fingerprint density at radius 3 is 2.82 bits per heavy atom. The van der Waals surface area contributed by atoms with Crippen LogP contribution >= 0.6 is 0 Å². The summed E-state index contributed by atoms with van der Waals surface area (Å²) in [6.45, 7) is 5.69. The molecule has 0 aliphatic rings. The fourth-order valence-electron chi connectivity index (χ4n) is 3.26. The van der Waals surface area contributed by atoms with Gasteiger partial charge >= 0.3 is 0 Å². The number of rotatable bonds is 6. The summed E-state index contributed by atoms with van der Waals surface area (Å²) in [4.78, 5) is 33.4. The predicted octanol–water partition coefficient (Wildman–Crippen LogP) is 2.80. The molecule has 1 amide bonds. The summed E-state index contributed by atoms with van der Waals surface area (Å²) in [6, 6.07) is 6.10. The van der Waals surface area contributed by atoms with Crippen molar-refractivity contribution in [3.63, 3.8) is 0 Å². The number of fused-ring (bicyclic) bond motifs is 1. The van der Waals surface area contributed by atoms with Gasteiger partial charge in [0.2, 0.25) is 5.91 Å². The lowest BCUT2D eigenvalue weighted by molar-refractivity contribution is -0.384. The highest BCUT2D eigenvalue weighted by Crippen LogP contribution is 2.24. The number of aryl methyl sites for hydroxylation is 2. The van der Waals surface area contributed by atoms with Crippen LogP contribution in [0.2, 0.25) is 0 Å². The van der Waals surface area contributed by atoms with E-state index >= 15 is 0 Å². The first-order chi connectivity index (χ1) is 13.3. The summed E-state index contributed by atoms with van der Waals surface area (Å²) in [5.41, 5.74) is 3.47. The number of hydrogen-bond acceptors (Lipinski definition) is 6. The van der Waals surface area contributed by atoms with Crippen LogP contribution in [0.1, 0.15) is 41.9 Å². The van der Waals surface area contributed by atoms with Gasteiger partial charge in [0.05, 0.1) is 11.0 Å². The Labute approximate surface area is 162 Å². The van der Waals surface area contributed by atoms with Gasteiger partial charge in [0.15, 0.2) is 0 Å². The largest absolute Gasteiger partial charge is 0.339 e. The Balaban J connectivity index is 1.72. The molecular weight excluding hydrogens is 360 g/mol. The first kappa shape index (κ1) is 19.4. The fourth-order valence-corrected chi connectivity index (χ4v) is 3.26. The minimum absolute atomic E-state index is 0.0173. The molecule has 2 aromatic heterocycles. The molecule has 1 aromatic carbocycles. The summed E-state index contributed by atoms with van der Waals surface area (Å²) >= 11 is 0. The minimum Gasteiger partial charge on any atom is -0.339 e. The average molecular weight is 382 g/mol. The molecule has 0 unspecified atom stereocenters. The van der Waals surface area contributed by atoms with Gasteiger partial charge < -0.3 is 4.90 Å². The highest BCUT2D eigenvalue weighted by molar-refractivity contribution is 5.76. The van der Waals surface area contributed by atoms with E-state index in [1.54, 1.807) is 28.6 Å². The summed E-state index contributed by atoms with van der Waals surface area (Å²) in [7, 11) is 1.71. The predicted molar refractivity (Wildman–Crippen MR) is 103 cm³/mol. The van der Waals surface area contributed by atoms with Gasteiger partial charge in [0.25, 0.3) is 11.5 Å². The van der Waals surface area contributed by atoms with Crippen LogP contribution in [0, 0.1) is 24.0 Å². The average Bonchev–Trinajstić information content (AvgIpc) is 3.15. The zero-order valence-electron chi connectivity index (χ0n) is 16.3. The molecule has 3 rings (SSSR count). The van der Waals surface area contributed by atoms with Gasteiger partial charge in [-0.1, -0.05) is 12.1 Å². The van der Waals surface area contributed by atoms with E-state index in [9.17, 15) is 14.9 Å². The third-order valence-electron chi connectivity index (χ3n) is 5.12. The molecular formula is C19H22N6O3. The molecule has 9 nitrogen and oxygen atoms in total. The van der Waals surface area contributed by atoms with Gasteiger partial charge in [-0.25, -0.2) is 9.50 Å². The monoisotopic (exact) mass is 382 g/mol. The number of carbonyl (C=O) groups excluding carboxylic acids is 1. The number of carbonyl (C=O) groups is 1. The van der Waals surface area contributed by atoms with Gasteiger partial charge in [0.1, 0.15) is 6.33 Å². The molecule has 0 aliphatic heterocycles. The molecule has 0 bridgehead atoms. The van der Waals surface area contributed by atoms with Crippen LogP contribution in [-0.4, -0.2) is 42.4 Å². The van der Waals surface area contributed by atoms with Crippen molar-refractivity contribution in [1.29, 1.82) is 0 Å². The van der Waals surface area contributed by atoms with Gasteiger partial charge in [-0.2, -0.15) is 10.1 Å². The van der Waals surface area contributed by atoms with E-state index in [0.29, 0.717) is 18.6 Å². The van der Waals surface area contributed by atoms with Crippen LogP contribution in [0.4, 0.5) is 5.69 Å². The van der Waals surface area contributed by atoms with Crippen molar-refractivity contribution in [3.05, 3.63) is 63.2 Å². The van der Waals surface area contributed by atoms with Crippen molar-refractivity contribution in [2.75, 3.05) is 7.05 Å². The first-order valence-corrected chi connectivity index (χ1v) is 8.95.